The molecule has 16 heavy (non-hydrogen) atoms. The zero-order valence-corrected chi connectivity index (χ0v) is 10.5. The van der Waals surface area contributed by atoms with Gasteiger partial charge in [-0.2, -0.15) is 0 Å². The van der Waals surface area contributed by atoms with Crippen LogP contribution in [0.3, 0.4) is 0 Å². The maximum atomic E-state index is 11.8. The molecule has 1 aliphatic carbocycles. The van der Waals surface area contributed by atoms with Gasteiger partial charge >= 0.3 is 0 Å². The molecule has 1 aromatic rings. The molecule has 1 atom stereocenters. The lowest BCUT2D eigenvalue weighted by atomic mass is 9.76. The number of aromatic nitrogens is 2. The van der Waals surface area contributed by atoms with E-state index in [1.165, 1.54) is 30.8 Å². The SMILES string of the molecule is Cc1nnsc1CNC(=O)C(C)C1CCC1. The highest BCUT2D eigenvalue weighted by molar-refractivity contribution is 7.05. The average molecular weight is 239 g/mol. The smallest absolute Gasteiger partial charge is 0.223 e. The minimum absolute atomic E-state index is 0.148. The fraction of sp³-hybridized carbons (Fsp3) is 0.727. The van der Waals surface area contributed by atoms with Crippen LogP contribution < -0.4 is 5.32 Å². The van der Waals surface area contributed by atoms with Crippen molar-refractivity contribution in [2.75, 3.05) is 0 Å². The number of rotatable bonds is 4. The summed E-state index contributed by atoms with van der Waals surface area (Å²) in [6.45, 7) is 4.51. The van der Waals surface area contributed by atoms with E-state index in [-0.39, 0.29) is 11.8 Å². The average Bonchev–Trinajstić information content (AvgIpc) is 2.57. The molecular formula is C11H17N3OS. The maximum absolute atomic E-state index is 11.8. The summed E-state index contributed by atoms with van der Waals surface area (Å²) in [6.07, 6.45) is 3.69. The molecule has 0 aromatic carbocycles. The highest BCUT2D eigenvalue weighted by atomic mass is 32.1. The molecule has 0 aliphatic heterocycles. The van der Waals surface area contributed by atoms with Crippen molar-refractivity contribution in [1.82, 2.24) is 14.9 Å². The third-order valence-electron chi connectivity index (χ3n) is 3.44. The van der Waals surface area contributed by atoms with Crippen LogP contribution in [0.2, 0.25) is 0 Å². The number of carbonyl (C=O) groups is 1. The van der Waals surface area contributed by atoms with Crippen LogP contribution in [-0.2, 0) is 11.3 Å². The lowest BCUT2D eigenvalue weighted by Crippen LogP contribution is -2.35. The molecule has 1 saturated carbocycles. The number of nitrogens with one attached hydrogen (secondary N) is 1. The van der Waals surface area contributed by atoms with E-state index in [0.29, 0.717) is 12.5 Å². The van der Waals surface area contributed by atoms with Crippen LogP contribution in [0.4, 0.5) is 0 Å². The highest BCUT2D eigenvalue weighted by Gasteiger charge is 2.28. The molecule has 4 nitrogen and oxygen atoms in total. The molecule has 1 amide bonds. The van der Waals surface area contributed by atoms with E-state index in [9.17, 15) is 4.79 Å². The number of amides is 1. The van der Waals surface area contributed by atoms with E-state index in [1.807, 2.05) is 13.8 Å². The second kappa shape index (κ2) is 4.91. The normalized spacial score (nSPS) is 17.9. The Hall–Kier alpha value is -0.970. The van der Waals surface area contributed by atoms with Crippen molar-refractivity contribution in [2.45, 2.75) is 39.7 Å². The molecule has 2 rings (SSSR count). The number of hydrogen-bond donors (Lipinski definition) is 1. The molecule has 0 saturated heterocycles. The van der Waals surface area contributed by atoms with Gasteiger partial charge in [0.25, 0.3) is 0 Å². The first-order valence-corrected chi connectivity index (χ1v) is 6.51. The number of aryl methyl sites for hydroxylation is 1. The third kappa shape index (κ3) is 2.40. The van der Waals surface area contributed by atoms with Crippen molar-refractivity contribution in [2.24, 2.45) is 11.8 Å². The van der Waals surface area contributed by atoms with E-state index in [4.69, 9.17) is 0 Å². The Labute approximate surface area is 99.6 Å². The Balaban J connectivity index is 1.81. The van der Waals surface area contributed by atoms with E-state index in [0.717, 1.165) is 10.6 Å². The van der Waals surface area contributed by atoms with Crippen LogP contribution in [0.5, 0.6) is 0 Å². The number of nitrogens with zero attached hydrogens (tertiary/aromatic N) is 2. The Morgan fingerprint density at radius 2 is 2.38 bits per heavy atom. The third-order valence-corrected chi connectivity index (χ3v) is 4.26. The van der Waals surface area contributed by atoms with E-state index >= 15 is 0 Å². The van der Waals surface area contributed by atoms with Crippen LogP contribution in [-0.4, -0.2) is 15.5 Å². The van der Waals surface area contributed by atoms with Gasteiger partial charge in [-0.1, -0.05) is 17.8 Å². The van der Waals surface area contributed by atoms with Gasteiger partial charge < -0.3 is 5.32 Å². The van der Waals surface area contributed by atoms with Gasteiger partial charge in [-0.15, -0.1) is 5.10 Å². The Bertz CT molecular complexity index is 373. The number of hydrogen-bond acceptors (Lipinski definition) is 4. The second-order valence-corrected chi connectivity index (χ2v) is 5.32. The fourth-order valence-corrected chi connectivity index (χ4v) is 2.47. The maximum Gasteiger partial charge on any atom is 0.223 e. The molecule has 1 unspecified atom stereocenters. The van der Waals surface area contributed by atoms with Crippen LogP contribution in [0.1, 0.15) is 36.8 Å². The largest absolute Gasteiger partial charge is 0.351 e. The van der Waals surface area contributed by atoms with Gasteiger partial charge in [0.15, 0.2) is 0 Å². The van der Waals surface area contributed by atoms with E-state index in [2.05, 4.69) is 14.9 Å². The van der Waals surface area contributed by atoms with Gasteiger partial charge in [0.05, 0.1) is 17.1 Å². The molecule has 0 radical (unpaired) electrons. The lowest BCUT2D eigenvalue weighted by molar-refractivity contribution is -0.127. The summed E-state index contributed by atoms with van der Waals surface area (Å²) in [7, 11) is 0. The summed E-state index contributed by atoms with van der Waals surface area (Å²) in [5.74, 6) is 0.910. The summed E-state index contributed by atoms with van der Waals surface area (Å²) in [5.41, 5.74) is 0.918. The molecule has 1 fully saturated rings. The lowest BCUT2D eigenvalue weighted by Gasteiger charge is -2.30. The first-order valence-electron chi connectivity index (χ1n) is 5.74. The monoisotopic (exact) mass is 239 g/mol. The van der Waals surface area contributed by atoms with Crippen LogP contribution in [0, 0.1) is 18.8 Å². The van der Waals surface area contributed by atoms with Crippen molar-refractivity contribution in [3.8, 4) is 0 Å². The first-order chi connectivity index (χ1) is 7.68. The van der Waals surface area contributed by atoms with Gasteiger partial charge in [0.1, 0.15) is 0 Å². The van der Waals surface area contributed by atoms with Crippen LogP contribution in [0.25, 0.3) is 0 Å². The van der Waals surface area contributed by atoms with Crippen molar-refractivity contribution < 1.29 is 4.79 Å². The minimum atomic E-state index is 0.148. The summed E-state index contributed by atoms with van der Waals surface area (Å²) < 4.78 is 3.85. The Kier molecular flexibility index (Phi) is 3.53. The molecule has 1 heterocycles. The quantitative estimate of drug-likeness (QED) is 0.873. The first kappa shape index (κ1) is 11.5. The van der Waals surface area contributed by atoms with E-state index in [1.54, 1.807) is 0 Å². The van der Waals surface area contributed by atoms with Gasteiger partial charge in [-0.25, -0.2) is 0 Å². The molecule has 1 aliphatic rings. The van der Waals surface area contributed by atoms with Gasteiger partial charge in [0, 0.05) is 5.92 Å². The van der Waals surface area contributed by atoms with Crippen LogP contribution in [0.15, 0.2) is 0 Å². The second-order valence-electron chi connectivity index (χ2n) is 4.48. The zero-order valence-electron chi connectivity index (χ0n) is 9.69. The van der Waals surface area contributed by atoms with Gasteiger partial charge in [0.2, 0.25) is 5.91 Å². The predicted octanol–water partition coefficient (Wildman–Crippen LogP) is 1.90. The summed E-state index contributed by atoms with van der Waals surface area (Å²) in [5, 5.41) is 6.89. The molecule has 1 aromatic heterocycles. The zero-order chi connectivity index (χ0) is 11.5. The van der Waals surface area contributed by atoms with Crippen molar-refractivity contribution in [1.29, 1.82) is 0 Å². The molecule has 1 N–H and O–H groups in total. The van der Waals surface area contributed by atoms with Crippen molar-refractivity contribution in [3.05, 3.63) is 10.6 Å². The molecule has 88 valence electrons. The Morgan fingerprint density at radius 3 is 2.88 bits per heavy atom. The summed E-state index contributed by atoms with van der Waals surface area (Å²) in [4.78, 5) is 12.9. The van der Waals surface area contributed by atoms with Gasteiger partial charge in [-0.05, 0) is 37.2 Å². The van der Waals surface area contributed by atoms with E-state index < -0.39 is 0 Å². The van der Waals surface area contributed by atoms with Crippen LogP contribution >= 0.6 is 11.5 Å². The summed E-state index contributed by atoms with van der Waals surface area (Å²) >= 11 is 1.36. The number of carbonyl (C=O) groups excluding carboxylic acids is 1. The van der Waals surface area contributed by atoms with Gasteiger partial charge in [-0.3, -0.25) is 4.79 Å². The molecule has 5 heteroatoms. The fourth-order valence-electron chi connectivity index (χ4n) is 1.90. The highest BCUT2D eigenvalue weighted by Crippen LogP contribution is 2.33. The molecule has 0 bridgehead atoms. The van der Waals surface area contributed by atoms with Crippen molar-refractivity contribution >= 4 is 17.4 Å². The summed E-state index contributed by atoms with van der Waals surface area (Å²) in [6, 6.07) is 0. The standard InChI is InChI=1S/C11H17N3OS/c1-7(9-4-3-5-9)11(15)12-6-10-8(2)13-14-16-10/h7,9H,3-6H2,1-2H3,(H,12,15). The topological polar surface area (TPSA) is 54.9 Å². The predicted molar refractivity (Wildman–Crippen MR) is 63.0 cm³/mol. The molecular weight excluding hydrogens is 222 g/mol. The molecule has 0 spiro atoms. The van der Waals surface area contributed by atoms with Crippen molar-refractivity contribution in [3.63, 3.8) is 0 Å². The minimum Gasteiger partial charge on any atom is -0.351 e. The Morgan fingerprint density at radius 1 is 1.62 bits per heavy atom.